The number of carbonyl (C=O) groups excluding carboxylic acids is 1. The van der Waals surface area contributed by atoms with Crippen LogP contribution < -0.4 is 5.32 Å². The average molecular weight is 500 g/mol. The molecule has 1 aromatic carbocycles. The van der Waals surface area contributed by atoms with Crippen molar-refractivity contribution in [3.8, 4) is 11.8 Å². The van der Waals surface area contributed by atoms with E-state index in [0.29, 0.717) is 5.56 Å². The average Bonchev–Trinajstić information content (AvgIpc) is 3.21. The Morgan fingerprint density at radius 1 is 1.20 bits per heavy atom. The van der Waals surface area contributed by atoms with E-state index in [9.17, 15) is 18.4 Å². The van der Waals surface area contributed by atoms with E-state index in [1.165, 1.54) is 17.1 Å². The van der Waals surface area contributed by atoms with Gasteiger partial charge in [-0.1, -0.05) is 41.6 Å². The van der Waals surface area contributed by atoms with Crippen molar-refractivity contribution in [1.82, 2.24) is 19.7 Å². The Bertz CT molecular complexity index is 1310. The molecule has 0 bridgehead atoms. The molecule has 180 valence electrons. The number of hydrogen-bond acceptors (Lipinski definition) is 4. The van der Waals surface area contributed by atoms with Gasteiger partial charge in [0.2, 0.25) is 0 Å². The maximum Gasteiger partial charge on any atom is 0.407 e. The number of pyridine rings is 1. The molecule has 3 heterocycles. The summed E-state index contributed by atoms with van der Waals surface area (Å²) in [5, 5.41) is 15.5. The maximum atomic E-state index is 14.6. The molecule has 1 aliphatic heterocycles. The quantitative estimate of drug-likeness (QED) is 0.527. The van der Waals surface area contributed by atoms with Gasteiger partial charge in [0, 0.05) is 36.3 Å². The van der Waals surface area contributed by atoms with Crippen molar-refractivity contribution in [2.45, 2.75) is 19.1 Å². The molecule has 0 aliphatic carbocycles. The van der Waals surface area contributed by atoms with Gasteiger partial charge in [-0.2, -0.15) is 5.10 Å². The molecule has 0 spiro atoms. The minimum Gasteiger partial charge on any atom is -0.465 e. The summed E-state index contributed by atoms with van der Waals surface area (Å²) in [6.07, 6.45) is 0.218. The first kappa shape index (κ1) is 24.2. The summed E-state index contributed by atoms with van der Waals surface area (Å²) in [6, 6.07) is 10.3. The second-order valence-corrected chi connectivity index (χ2v) is 8.35. The third-order valence-electron chi connectivity index (χ3n) is 5.56. The predicted molar refractivity (Wildman–Crippen MR) is 124 cm³/mol. The SMILES string of the molecule is O=C(Nc1ncc(C#Cc2ccccc2)cc1F)c1c(Cl)cnn1C[C@@H]1CCN(C(=O)O)C[C@H]1F. The molecule has 1 aliphatic rings. The predicted octanol–water partition coefficient (Wildman–Crippen LogP) is 4.06. The van der Waals surface area contributed by atoms with Crippen LogP contribution in [-0.2, 0) is 6.54 Å². The molecule has 2 atom stereocenters. The highest BCUT2D eigenvalue weighted by atomic mass is 35.5. The largest absolute Gasteiger partial charge is 0.465 e. The van der Waals surface area contributed by atoms with Crippen molar-refractivity contribution < 1.29 is 23.5 Å². The highest BCUT2D eigenvalue weighted by Crippen LogP contribution is 2.25. The molecule has 0 radical (unpaired) electrons. The lowest BCUT2D eigenvalue weighted by Gasteiger charge is -2.33. The third kappa shape index (κ3) is 5.75. The van der Waals surface area contributed by atoms with Crippen LogP contribution in [0.2, 0.25) is 5.02 Å². The van der Waals surface area contributed by atoms with Crippen molar-refractivity contribution in [3.63, 3.8) is 0 Å². The number of aromatic nitrogens is 3. The van der Waals surface area contributed by atoms with E-state index in [1.807, 2.05) is 30.3 Å². The highest BCUT2D eigenvalue weighted by Gasteiger charge is 2.33. The topological polar surface area (TPSA) is 100 Å². The fourth-order valence-corrected chi connectivity index (χ4v) is 3.94. The number of alkyl halides is 1. The van der Waals surface area contributed by atoms with Gasteiger partial charge in [0.05, 0.1) is 17.8 Å². The fraction of sp³-hybridized carbons (Fsp3) is 0.250. The lowest BCUT2D eigenvalue weighted by molar-refractivity contribution is 0.0677. The highest BCUT2D eigenvalue weighted by molar-refractivity contribution is 6.34. The Hall–Kier alpha value is -3.97. The van der Waals surface area contributed by atoms with E-state index in [2.05, 4.69) is 27.2 Å². The summed E-state index contributed by atoms with van der Waals surface area (Å²) < 4.78 is 30.4. The molecule has 2 N–H and O–H groups in total. The molecule has 35 heavy (non-hydrogen) atoms. The molecule has 3 aromatic rings. The number of anilines is 1. The molecule has 2 aromatic heterocycles. The van der Waals surface area contributed by atoms with Crippen LogP contribution in [0.25, 0.3) is 0 Å². The van der Waals surface area contributed by atoms with Gasteiger partial charge in [-0.05, 0) is 24.6 Å². The van der Waals surface area contributed by atoms with E-state index < -0.39 is 29.9 Å². The van der Waals surface area contributed by atoms with Crippen LogP contribution in [0.4, 0.5) is 19.4 Å². The zero-order valence-corrected chi connectivity index (χ0v) is 19.0. The standard InChI is InChI=1S/C24H20ClF2N5O3/c25-18-12-29-32(13-17-8-9-31(24(34)35)14-20(17)27)21(18)23(33)30-22-19(26)10-16(11-28-22)7-6-15-4-2-1-3-5-15/h1-5,10-12,17,20H,8-9,13-14H2,(H,34,35)(H,28,30,33)/t17-,20+/m0/s1. The zero-order chi connectivity index (χ0) is 24.9. The normalized spacial score (nSPS) is 17.4. The van der Waals surface area contributed by atoms with Crippen molar-refractivity contribution >= 4 is 29.4 Å². The minimum absolute atomic E-state index is 0.00614. The Balaban J connectivity index is 1.46. The number of hydrogen-bond donors (Lipinski definition) is 2. The number of nitrogens with zero attached hydrogens (tertiary/aromatic N) is 4. The van der Waals surface area contributed by atoms with Crippen molar-refractivity contribution in [2.75, 3.05) is 18.4 Å². The van der Waals surface area contributed by atoms with E-state index in [-0.39, 0.29) is 42.6 Å². The van der Waals surface area contributed by atoms with Crippen LogP contribution in [-0.4, -0.2) is 56.0 Å². The second kappa shape index (κ2) is 10.5. The minimum atomic E-state index is -1.43. The van der Waals surface area contributed by atoms with Crippen molar-refractivity contribution in [3.05, 3.63) is 76.5 Å². The Morgan fingerprint density at radius 3 is 2.63 bits per heavy atom. The molecule has 11 heteroatoms. The number of carboxylic acid groups (broad SMARTS) is 1. The van der Waals surface area contributed by atoms with Gasteiger partial charge >= 0.3 is 6.09 Å². The molecule has 2 amide bonds. The summed E-state index contributed by atoms with van der Waals surface area (Å²) in [5.74, 6) is 3.28. The van der Waals surface area contributed by atoms with Gasteiger partial charge in [0.1, 0.15) is 11.9 Å². The van der Waals surface area contributed by atoms with Crippen LogP contribution in [0.5, 0.6) is 0 Å². The van der Waals surface area contributed by atoms with E-state index >= 15 is 0 Å². The number of halogens is 3. The van der Waals surface area contributed by atoms with Crippen LogP contribution >= 0.6 is 11.6 Å². The van der Waals surface area contributed by atoms with E-state index in [4.69, 9.17) is 16.7 Å². The van der Waals surface area contributed by atoms with Crippen LogP contribution in [0.1, 0.15) is 28.0 Å². The Kier molecular flexibility index (Phi) is 7.27. The second-order valence-electron chi connectivity index (χ2n) is 7.94. The number of rotatable bonds is 4. The first-order valence-electron chi connectivity index (χ1n) is 10.7. The molecule has 4 rings (SSSR count). The van der Waals surface area contributed by atoms with Gasteiger partial charge in [-0.15, -0.1) is 0 Å². The molecular formula is C24H20ClF2N5O3. The number of nitrogens with one attached hydrogen (secondary N) is 1. The summed E-state index contributed by atoms with van der Waals surface area (Å²) in [7, 11) is 0. The maximum absolute atomic E-state index is 14.6. The van der Waals surface area contributed by atoms with Crippen LogP contribution in [0, 0.1) is 23.6 Å². The zero-order valence-electron chi connectivity index (χ0n) is 18.3. The van der Waals surface area contributed by atoms with Crippen molar-refractivity contribution in [1.29, 1.82) is 0 Å². The smallest absolute Gasteiger partial charge is 0.407 e. The lowest BCUT2D eigenvalue weighted by Crippen LogP contribution is -2.45. The molecule has 0 saturated carbocycles. The van der Waals surface area contributed by atoms with Gasteiger partial charge in [-0.25, -0.2) is 18.6 Å². The van der Waals surface area contributed by atoms with Crippen LogP contribution in [0.15, 0.2) is 48.8 Å². The lowest BCUT2D eigenvalue weighted by atomic mass is 9.95. The summed E-state index contributed by atoms with van der Waals surface area (Å²) in [5.41, 5.74) is 1.01. The molecule has 1 saturated heterocycles. The number of carbonyl (C=O) groups is 2. The monoisotopic (exact) mass is 499 g/mol. The number of piperidine rings is 1. The van der Waals surface area contributed by atoms with Crippen molar-refractivity contribution in [2.24, 2.45) is 5.92 Å². The molecule has 8 nitrogen and oxygen atoms in total. The van der Waals surface area contributed by atoms with Gasteiger partial charge in [-0.3, -0.25) is 9.48 Å². The number of benzene rings is 1. The number of amides is 2. The summed E-state index contributed by atoms with van der Waals surface area (Å²) in [6.45, 7) is -0.0786. The van der Waals surface area contributed by atoms with Crippen LogP contribution in [0.3, 0.4) is 0 Å². The van der Waals surface area contributed by atoms with E-state index in [0.717, 1.165) is 16.5 Å². The van der Waals surface area contributed by atoms with Gasteiger partial charge in [0.25, 0.3) is 5.91 Å². The fourth-order valence-electron chi connectivity index (χ4n) is 3.71. The molecular weight excluding hydrogens is 480 g/mol. The third-order valence-corrected chi connectivity index (χ3v) is 5.84. The van der Waals surface area contributed by atoms with Gasteiger partial charge in [0.15, 0.2) is 11.6 Å². The molecule has 0 unspecified atom stereocenters. The Morgan fingerprint density at radius 2 is 1.94 bits per heavy atom. The van der Waals surface area contributed by atoms with Gasteiger partial charge < -0.3 is 15.3 Å². The molecule has 1 fully saturated rings. The summed E-state index contributed by atoms with van der Waals surface area (Å²) >= 11 is 6.13. The summed E-state index contributed by atoms with van der Waals surface area (Å²) in [4.78, 5) is 28.9. The number of likely N-dealkylation sites (tertiary alicyclic amines) is 1. The van der Waals surface area contributed by atoms with E-state index in [1.54, 1.807) is 0 Å². The Labute approximate surface area is 204 Å². The first-order valence-corrected chi connectivity index (χ1v) is 11.1. The first-order chi connectivity index (χ1) is 16.8.